The lowest BCUT2D eigenvalue weighted by Gasteiger charge is -2.33. The summed E-state index contributed by atoms with van der Waals surface area (Å²) in [5.74, 6) is 2.49. The Hall–Kier alpha value is -2.21. The van der Waals surface area contributed by atoms with Crippen LogP contribution < -0.4 is 0 Å². The molecule has 5 rings (SSSR count). The molecule has 2 aromatic rings. The Labute approximate surface area is 165 Å². The van der Waals surface area contributed by atoms with Crippen molar-refractivity contribution in [2.24, 2.45) is 0 Å². The van der Waals surface area contributed by atoms with Gasteiger partial charge in [0.2, 0.25) is 11.8 Å². The molecular weight excluding hydrogens is 354 g/mol. The van der Waals surface area contributed by atoms with Crippen molar-refractivity contribution in [1.82, 2.24) is 15.0 Å². The van der Waals surface area contributed by atoms with E-state index in [1.807, 2.05) is 23.1 Å². The zero-order valence-electron chi connectivity index (χ0n) is 16.2. The van der Waals surface area contributed by atoms with E-state index < -0.39 is 0 Å². The molecular formula is C22H27N3O3. The summed E-state index contributed by atoms with van der Waals surface area (Å²) in [7, 11) is 0. The number of carbonyl (C=O) groups excluding carboxylic acids is 1. The van der Waals surface area contributed by atoms with E-state index in [0.29, 0.717) is 11.8 Å². The fourth-order valence-electron chi connectivity index (χ4n) is 4.68. The summed E-state index contributed by atoms with van der Waals surface area (Å²) in [6.45, 7) is 3.09. The minimum Gasteiger partial charge on any atom is -0.381 e. The fourth-order valence-corrected chi connectivity index (χ4v) is 4.68. The van der Waals surface area contributed by atoms with Crippen LogP contribution >= 0.6 is 0 Å². The molecule has 1 aromatic carbocycles. The molecule has 0 bridgehead atoms. The Kier molecular flexibility index (Phi) is 4.67. The van der Waals surface area contributed by atoms with E-state index in [4.69, 9.17) is 14.2 Å². The zero-order valence-corrected chi connectivity index (χ0v) is 16.2. The second-order valence-electron chi connectivity index (χ2n) is 8.39. The van der Waals surface area contributed by atoms with Gasteiger partial charge in [0, 0.05) is 38.1 Å². The van der Waals surface area contributed by atoms with Gasteiger partial charge in [-0.25, -0.2) is 0 Å². The summed E-state index contributed by atoms with van der Waals surface area (Å²) in [6, 6.07) is 10.2. The Morgan fingerprint density at radius 1 is 1.00 bits per heavy atom. The van der Waals surface area contributed by atoms with Crippen LogP contribution in [0.25, 0.3) is 0 Å². The molecule has 1 aromatic heterocycles. The third-order valence-electron chi connectivity index (χ3n) is 6.66. The first-order valence-electron chi connectivity index (χ1n) is 10.5. The highest BCUT2D eigenvalue weighted by molar-refractivity contribution is 5.91. The number of hydrogen-bond donors (Lipinski definition) is 0. The third-order valence-corrected chi connectivity index (χ3v) is 6.66. The molecule has 6 heteroatoms. The minimum atomic E-state index is -0.269. The van der Waals surface area contributed by atoms with E-state index in [1.54, 1.807) is 0 Å². The average Bonchev–Trinajstić information content (AvgIpc) is 3.44. The molecule has 1 aliphatic carbocycles. The van der Waals surface area contributed by atoms with Crippen molar-refractivity contribution < 1.29 is 14.1 Å². The van der Waals surface area contributed by atoms with Gasteiger partial charge < -0.3 is 14.2 Å². The van der Waals surface area contributed by atoms with Gasteiger partial charge in [-0.3, -0.25) is 4.79 Å². The summed E-state index contributed by atoms with van der Waals surface area (Å²) in [4.78, 5) is 19.9. The van der Waals surface area contributed by atoms with Gasteiger partial charge in [-0.1, -0.05) is 35.5 Å². The molecule has 2 saturated heterocycles. The van der Waals surface area contributed by atoms with Crippen molar-refractivity contribution in [3.8, 4) is 0 Å². The van der Waals surface area contributed by atoms with Gasteiger partial charge >= 0.3 is 0 Å². The quantitative estimate of drug-likeness (QED) is 0.812. The summed E-state index contributed by atoms with van der Waals surface area (Å²) in [6.07, 6.45) is 5.65. The molecule has 0 spiro atoms. The van der Waals surface area contributed by atoms with E-state index in [1.165, 1.54) is 5.56 Å². The number of aromatic nitrogens is 2. The predicted molar refractivity (Wildman–Crippen MR) is 103 cm³/mol. The van der Waals surface area contributed by atoms with Gasteiger partial charge in [0.15, 0.2) is 5.82 Å². The van der Waals surface area contributed by atoms with Crippen LogP contribution in [-0.2, 0) is 14.9 Å². The van der Waals surface area contributed by atoms with Crippen LogP contribution in [0.2, 0.25) is 0 Å². The van der Waals surface area contributed by atoms with E-state index in [2.05, 4.69) is 17.3 Å². The summed E-state index contributed by atoms with van der Waals surface area (Å²) in [5, 5.41) is 4.24. The molecule has 3 aliphatic rings. The number of nitrogens with zero attached hydrogens (tertiary/aromatic N) is 3. The van der Waals surface area contributed by atoms with E-state index in [0.717, 1.165) is 76.5 Å². The maximum atomic E-state index is 13.2. The van der Waals surface area contributed by atoms with Crippen molar-refractivity contribution in [3.05, 3.63) is 47.6 Å². The van der Waals surface area contributed by atoms with Crippen molar-refractivity contribution in [2.75, 3.05) is 26.3 Å². The van der Waals surface area contributed by atoms with Crippen LogP contribution in [0.3, 0.4) is 0 Å². The molecule has 6 nitrogen and oxygen atoms in total. The molecule has 0 N–H and O–H groups in total. The smallest absolute Gasteiger partial charge is 0.233 e. The number of rotatable bonds is 4. The average molecular weight is 381 g/mol. The van der Waals surface area contributed by atoms with E-state index >= 15 is 0 Å². The van der Waals surface area contributed by atoms with Crippen molar-refractivity contribution in [3.63, 3.8) is 0 Å². The summed E-state index contributed by atoms with van der Waals surface area (Å²) in [5.41, 5.74) is 0.898. The number of benzene rings is 1. The normalized spacial score (nSPS) is 22.9. The maximum absolute atomic E-state index is 13.2. The van der Waals surface area contributed by atoms with Gasteiger partial charge in [-0.15, -0.1) is 0 Å². The second kappa shape index (κ2) is 7.32. The number of hydrogen-bond acceptors (Lipinski definition) is 5. The van der Waals surface area contributed by atoms with Crippen LogP contribution in [0.5, 0.6) is 0 Å². The van der Waals surface area contributed by atoms with Crippen molar-refractivity contribution in [2.45, 2.75) is 55.8 Å². The molecule has 3 fully saturated rings. The zero-order chi connectivity index (χ0) is 19.0. The molecule has 0 atom stereocenters. The lowest BCUT2D eigenvalue weighted by atomic mass is 9.91. The van der Waals surface area contributed by atoms with Crippen LogP contribution in [0, 0.1) is 0 Å². The first-order valence-corrected chi connectivity index (χ1v) is 10.5. The standard InChI is InChI=1S/C22H27N3O3/c26-21(22(10-11-22)18-4-2-1-3-5-18)25-12-6-17(7-13-25)20-23-19(24-28-20)16-8-14-27-15-9-16/h1-5,16-17H,6-15H2. The highest BCUT2D eigenvalue weighted by atomic mass is 16.5. The Balaban J connectivity index is 1.21. The van der Waals surface area contributed by atoms with Gasteiger partial charge in [0.1, 0.15) is 0 Å². The highest BCUT2D eigenvalue weighted by Gasteiger charge is 2.53. The number of piperidine rings is 1. The molecule has 3 heterocycles. The molecule has 1 saturated carbocycles. The largest absolute Gasteiger partial charge is 0.381 e. The monoisotopic (exact) mass is 381 g/mol. The lowest BCUT2D eigenvalue weighted by molar-refractivity contribution is -0.135. The highest BCUT2D eigenvalue weighted by Crippen LogP contribution is 2.50. The topological polar surface area (TPSA) is 68.5 Å². The van der Waals surface area contributed by atoms with Gasteiger partial charge in [0.05, 0.1) is 5.41 Å². The van der Waals surface area contributed by atoms with E-state index in [-0.39, 0.29) is 11.3 Å². The molecule has 1 amide bonds. The van der Waals surface area contributed by atoms with Crippen LogP contribution in [0.15, 0.2) is 34.9 Å². The van der Waals surface area contributed by atoms with Gasteiger partial charge in [-0.2, -0.15) is 4.98 Å². The molecule has 0 unspecified atom stereocenters. The van der Waals surface area contributed by atoms with Gasteiger partial charge in [0.25, 0.3) is 0 Å². The number of carbonyl (C=O) groups is 1. The number of amides is 1. The summed E-state index contributed by atoms with van der Waals surface area (Å²) < 4.78 is 11.0. The molecule has 2 aliphatic heterocycles. The second-order valence-corrected chi connectivity index (χ2v) is 8.39. The van der Waals surface area contributed by atoms with E-state index in [9.17, 15) is 4.79 Å². The summed E-state index contributed by atoms with van der Waals surface area (Å²) >= 11 is 0. The first-order chi connectivity index (χ1) is 13.8. The predicted octanol–water partition coefficient (Wildman–Crippen LogP) is 3.40. The Bertz CT molecular complexity index is 817. The number of ether oxygens (including phenoxy) is 1. The maximum Gasteiger partial charge on any atom is 0.233 e. The van der Waals surface area contributed by atoms with Crippen LogP contribution in [-0.4, -0.2) is 47.3 Å². The number of likely N-dealkylation sites (tertiary alicyclic amines) is 1. The van der Waals surface area contributed by atoms with Crippen LogP contribution in [0.1, 0.15) is 67.6 Å². The SMILES string of the molecule is O=C(N1CCC(c2nc(C3CCOCC3)no2)CC1)C1(c2ccccc2)CC1. The van der Waals surface area contributed by atoms with Crippen LogP contribution in [0.4, 0.5) is 0 Å². The van der Waals surface area contributed by atoms with Crippen molar-refractivity contribution >= 4 is 5.91 Å². The van der Waals surface area contributed by atoms with Gasteiger partial charge in [-0.05, 0) is 44.1 Å². The Morgan fingerprint density at radius 2 is 1.71 bits per heavy atom. The molecule has 28 heavy (non-hydrogen) atoms. The molecule has 0 radical (unpaired) electrons. The Morgan fingerprint density at radius 3 is 2.39 bits per heavy atom. The minimum absolute atomic E-state index is 0.261. The lowest BCUT2D eigenvalue weighted by Crippen LogP contribution is -2.43. The molecule has 148 valence electrons. The van der Waals surface area contributed by atoms with Crippen molar-refractivity contribution in [1.29, 1.82) is 0 Å². The fraction of sp³-hybridized carbons (Fsp3) is 0.591. The third kappa shape index (κ3) is 3.24. The first kappa shape index (κ1) is 17.9.